The van der Waals surface area contributed by atoms with Crippen molar-refractivity contribution in [3.8, 4) is 16.8 Å². The van der Waals surface area contributed by atoms with Gasteiger partial charge in [0.15, 0.2) is 7.28 Å². The smallest absolute Gasteiger partial charge is 0.197 e. The normalized spacial score (nSPS) is 15.1. The average Bonchev–Trinajstić information content (AvgIpc) is 3.56. The molecule has 3 aliphatic heterocycles. The van der Waals surface area contributed by atoms with Gasteiger partial charge in [-0.25, -0.2) is 0 Å². The first kappa shape index (κ1) is 32.7. The summed E-state index contributed by atoms with van der Waals surface area (Å²) >= 11 is 0. The van der Waals surface area contributed by atoms with E-state index in [-0.39, 0.29) is 10.8 Å². The Morgan fingerprint density at radius 2 is 1.21 bits per heavy atom. The van der Waals surface area contributed by atoms with Gasteiger partial charge in [0.2, 0.25) is 0 Å². The van der Waals surface area contributed by atoms with Crippen LogP contribution in [0.5, 0.6) is 0 Å². The van der Waals surface area contributed by atoms with E-state index >= 15 is 0 Å². The van der Waals surface area contributed by atoms with Crippen LogP contribution in [0.2, 0.25) is 0 Å². The lowest BCUT2D eigenvalue weighted by atomic mass is 9.57. The van der Waals surface area contributed by atoms with Crippen molar-refractivity contribution in [1.29, 1.82) is 0 Å². The van der Waals surface area contributed by atoms with Crippen molar-refractivity contribution in [3.63, 3.8) is 0 Å². The molecule has 4 heterocycles. The molecule has 1 N–H and O–H groups in total. The van der Waals surface area contributed by atoms with Gasteiger partial charge in [0.25, 0.3) is 0 Å². The van der Waals surface area contributed by atoms with E-state index in [0.717, 1.165) is 11.4 Å². The minimum absolute atomic E-state index is 0.173. The molecule has 0 spiro atoms. The molecule has 9 aromatic rings. The molecule has 3 aliphatic rings. The number of rotatable bonds is 4. The molecule has 0 amide bonds. The van der Waals surface area contributed by atoms with Crippen LogP contribution in [-0.2, 0) is 10.8 Å². The molecule has 0 unspecified atom stereocenters. The minimum atomic E-state index is -0.220. The monoisotopic (exact) mass is 730 g/mol. The molecule has 3 nitrogen and oxygen atoms in total. The molecule has 0 saturated heterocycles. The van der Waals surface area contributed by atoms with Crippen molar-refractivity contribution in [1.82, 2.24) is 4.57 Å². The number of hydrogen-bond donors (Lipinski definition) is 1. The summed E-state index contributed by atoms with van der Waals surface area (Å²) in [5, 5.41) is 9.03. The highest BCUT2D eigenvalue weighted by Crippen LogP contribution is 2.57. The number of nitrogens with one attached hydrogen (secondary N) is 1. The van der Waals surface area contributed by atoms with Crippen molar-refractivity contribution in [3.05, 3.63) is 179 Å². The van der Waals surface area contributed by atoms with E-state index in [1.807, 2.05) is 0 Å². The van der Waals surface area contributed by atoms with Gasteiger partial charge in [0.1, 0.15) is 0 Å². The zero-order chi connectivity index (χ0) is 38.4. The third-order valence-electron chi connectivity index (χ3n) is 13.4. The largest absolute Gasteiger partial charge is 0.355 e. The van der Waals surface area contributed by atoms with Crippen LogP contribution in [0.3, 0.4) is 0 Å². The first-order valence-electron chi connectivity index (χ1n) is 20.2. The zero-order valence-electron chi connectivity index (χ0n) is 32.9. The third kappa shape index (κ3) is 4.28. The van der Waals surface area contributed by atoms with Crippen LogP contribution in [-0.4, -0.2) is 11.8 Å². The number of hydrogen-bond acceptors (Lipinski definition) is 2. The second-order valence-electron chi connectivity index (χ2n) is 17.3. The minimum Gasteiger partial charge on any atom is -0.355 e. The fourth-order valence-corrected chi connectivity index (χ4v) is 10.7. The number of nitrogens with zero attached hydrogens (tertiary/aromatic N) is 2. The number of para-hydroxylation sites is 4. The maximum atomic E-state index is 3.83. The fraction of sp³-hybridized carbons (Fsp3) is 0.132. The van der Waals surface area contributed by atoms with Gasteiger partial charge >= 0.3 is 0 Å². The van der Waals surface area contributed by atoms with Gasteiger partial charge in [-0.1, -0.05) is 148 Å². The number of aryl methyl sites for hydroxylation is 1. The van der Waals surface area contributed by atoms with E-state index in [0.29, 0.717) is 0 Å². The van der Waals surface area contributed by atoms with Gasteiger partial charge in [0, 0.05) is 44.2 Å². The summed E-state index contributed by atoms with van der Waals surface area (Å²) in [4.78, 5) is 2.58. The lowest BCUT2D eigenvalue weighted by Crippen LogP contribution is -2.41. The molecule has 0 fully saturated rings. The first-order valence-corrected chi connectivity index (χ1v) is 20.2. The summed E-state index contributed by atoms with van der Waals surface area (Å²) in [6.07, 6.45) is 0. The number of anilines is 5. The van der Waals surface area contributed by atoms with E-state index in [9.17, 15) is 0 Å². The number of fused-ring (bicyclic) bond motifs is 5. The predicted octanol–water partition coefficient (Wildman–Crippen LogP) is 12.4. The summed E-state index contributed by atoms with van der Waals surface area (Å²) in [7, 11) is 2.48. The van der Waals surface area contributed by atoms with Crippen LogP contribution in [0, 0.1) is 6.92 Å². The SMILES string of the molecule is Cc1ccc(Nc2ccccc2-c2cc(N3c4ccccc4C(C)(C)c4ccccc43)c3c4cc5ccccc5c5c4n4c3c2[B]c2cccc(c2-4)C5(C)C)cc1. The van der Waals surface area contributed by atoms with Gasteiger partial charge in [-0.2, -0.15) is 0 Å². The molecule has 0 atom stereocenters. The van der Waals surface area contributed by atoms with E-state index in [1.165, 1.54) is 105 Å². The van der Waals surface area contributed by atoms with Crippen LogP contribution in [0.15, 0.2) is 152 Å². The van der Waals surface area contributed by atoms with Gasteiger partial charge < -0.3 is 14.8 Å². The van der Waals surface area contributed by atoms with Crippen LogP contribution >= 0.6 is 0 Å². The molecule has 1 aromatic heterocycles. The molecule has 4 heteroatoms. The van der Waals surface area contributed by atoms with Crippen molar-refractivity contribution in [2.75, 3.05) is 10.2 Å². The van der Waals surface area contributed by atoms with Crippen LogP contribution in [0.1, 0.15) is 55.5 Å². The Morgan fingerprint density at radius 1 is 0.544 bits per heavy atom. The summed E-state index contributed by atoms with van der Waals surface area (Å²) in [6, 6.07) is 56.6. The van der Waals surface area contributed by atoms with E-state index in [2.05, 4.69) is 208 Å². The van der Waals surface area contributed by atoms with Gasteiger partial charge in [-0.05, 0) is 93.4 Å². The van der Waals surface area contributed by atoms with Gasteiger partial charge in [0.05, 0.1) is 28.1 Å². The molecule has 0 saturated carbocycles. The Balaban J connectivity index is 1.29. The van der Waals surface area contributed by atoms with E-state index in [1.54, 1.807) is 0 Å². The molecule has 0 bridgehead atoms. The molecular formula is C53H41BN3. The maximum Gasteiger partial charge on any atom is 0.197 e. The molecule has 1 radical (unpaired) electrons. The summed E-state index contributed by atoms with van der Waals surface area (Å²) in [5.74, 6) is 0. The lowest BCUT2D eigenvalue weighted by molar-refractivity contribution is 0.632. The molecule has 8 aromatic carbocycles. The van der Waals surface area contributed by atoms with Gasteiger partial charge in [-0.15, -0.1) is 0 Å². The Hall–Kier alpha value is -6.52. The maximum absolute atomic E-state index is 3.83. The summed E-state index contributed by atoms with van der Waals surface area (Å²) in [5.41, 5.74) is 20.9. The van der Waals surface area contributed by atoms with E-state index < -0.39 is 0 Å². The molecular weight excluding hydrogens is 689 g/mol. The lowest BCUT2D eigenvalue weighted by Gasteiger charge is -2.42. The van der Waals surface area contributed by atoms with Crippen LogP contribution in [0.25, 0.3) is 49.4 Å². The highest BCUT2D eigenvalue weighted by Gasteiger charge is 2.43. The first-order chi connectivity index (χ1) is 27.7. The van der Waals surface area contributed by atoms with Gasteiger partial charge in [-0.3, -0.25) is 0 Å². The second kappa shape index (κ2) is 11.3. The average molecular weight is 731 g/mol. The zero-order valence-corrected chi connectivity index (χ0v) is 32.9. The van der Waals surface area contributed by atoms with Crippen molar-refractivity contribution < 1.29 is 0 Å². The quantitative estimate of drug-likeness (QED) is 0.182. The third-order valence-corrected chi connectivity index (χ3v) is 13.4. The van der Waals surface area contributed by atoms with Crippen molar-refractivity contribution >= 4 is 79.2 Å². The second-order valence-corrected chi connectivity index (χ2v) is 17.3. The molecule has 0 aliphatic carbocycles. The summed E-state index contributed by atoms with van der Waals surface area (Å²) < 4.78 is 2.66. The highest BCUT2D eigenvalue weighted by molar-refractivity contribution is 6.74. The van der Waals surface area contributed by atoms with Crippen LogP contribution < -0.4 is 21.1 Å². The predicted molar refractivity (Wildman–Crippen MR) is 242 cm³/mol. The Bertz CT molecular complexity index is 3150. The number of aromatic nitrogens is 1. The van der Waals surface area contributed by atoms with Crippen molar-refractivity contribution in [2.45, 2.75) is 45.4 Å². The Labute approximate surface area is 334 Å². The standard InChI is InChI=1S/C53H41BN3/c1-31-25-27-33(28-26-31)55-42-22-11-8-17-35(42)36-30-45(56-43-23-12-9-18-38(43)52(2,3)39-19-10-13-24-44(39)56)46-37-29-32-15-6-7-16-34(32)47-49(37)57-50-40(53(47,4)5)20-14-21-41(50)54-48(36)51(46)57/h6-30,55H,1-5H3. The number of benzene rings is 8. The van der Waals surface area contributed by atoms with Crippen molar-refractivity contribution in [2.24, 2.45) is 0 Å². The molecule has 12 rings (SSSR count). The van der Waals surface area contributed by atoms with Crippen LogP contribution in [0.4, 0.5) is 28.4 Å². The molecule has 57 heavy (non-hydrogen) atoms. The summed E-state index contributed by atoms with van der Waals surface area (Å²) in [6.45, 7) is 11.7. The Morgan fingerprint density at radius 3 is 1.98 bits per heavy atom. The molecule has 271 valence electrons. The Kier molecular flexibility index (Phi) is 6.48. The topological polar surface area (TPSA) is 20.2 Å². The van der Waals surface area contributed by atoms with E-state index in [4.69, 9.17) is 0 Å². The fourth-order valence-electron chi connectivity index (χ4n) is 10.7. The highest BCUT2D eigenvalue weighted by atomic mass is 15.2.